The van der Waals surface area contributed by atoms with Crippen molar-refractivity contribution in [3.8, 4) is 11.1 Å². The highest BCUT2D eigenvalue weighted by atomic mass is 79.9. The summed E-state index contributed by atoms with van der Waals surface area (Å²) in [7, 11) is 0. The minimum Gasteiger partial charge on any atom is -0.258 e. The van der Waals surface area contributed by atoms with Crippen LogP contribution in [0.1, 0.15) is 0 Å². The first-order valence-electron chi connectivity index (χ1n) is 6.19. The number of nitro groups is 1. The molecule has 104 valence electrons. The second kappa shape index (κ2) is 5.47. The largest absolute Gasteiger partial charge is 0.277 e. The zero-order valence-electron chi connectivity index (χ0n) is 10.7. The van der Waals surface area contributed by atoms with Crippen molar-refractivity contribution >= 4 is 44.0 Å². The lowest BCUT2D eigenvalue weighted by Crippen LogP contribution is -1.92. The highest BCUT2D eigenvalue weighted by Gasteiger charge is 2.17. The molecule has 5 heteroatoms. The number of nitrogens with zero attached hydrogens (tertiary/aromatic N) is 1. The van der Waals surface area contributed by atoms with Gasteiger partial charge in [0.15, 0.2) is 0 Å². The van der Waals surface area contributed by atoms with Gasteiger partial charge in [0, 0.05) is 20.9 Å². The van der Waals surface area contributed by atoms with Gasteiger partial charge in [-0.3, -0.25) is 10.1 Å². The Hall–Kier alpha value is -1.91. The first-order valence-corrected chi connectivity index (χ1v) is 7.36. The van der Waals surface area contributed by atoms with E-state index in [1.165, 1.54) is 6.07 Å². The lowest BCUT2D eigenvalue weighted by atomic mass is 9.97. The van der Waals surface area contributed by atoms with Gasteiger partial charge in [-0.25, -0.2) is 0 Å². The molecule has 3 aromatic carbocycles. The summed E-state index contributed by atoms with van der Waals surface area (Å²) < 4.78 is 0.818. The van der Waals surface area contributed by atoms with E-state index in [0.29, 0.717) is 10.6 Å². The molecule has 21 heavy (non-hydrogen) atoms. The van der Waals surface area contributed by atoms with E-state index in [0.717, 1.165) is 20.8 Å². The lowest BCUT2D eigenvalue weighted by molar-refractivity contribution is -0.384. The molecule has 3 nitrogen and oxygen atoms in total. The van der Waals surface area contributed by atoms with Gasteiger partial charge in [-0.1, -0.05) is 57.9 Å². The van der Waals surface area contributed by atoms with Crippen LogP contribution < -0.4 is 0 Å². The van der Waals surface area contributed by atoms with Crippen molar-refractivity contribution in [1.82, 2.24) is 0 Å². The number of hydrogen-bond donors (Lipinski definition) is 0. The maximum Gasteiger partial charge on any atom is 0.277 e. The van der Waals surface area contributed by atoms with Crippen molar-refractivity contribution < 1.29 is 4.92 Å². The molecule has 0 saturated carbocycles. The van der Waals surface area contributed by atoms with Crippen molar-refractivity contribution in [3.05, 3.63) is 74.2 Å². The van der Waals surface area contributed by atoms with Crippen LogP contribution in [0.25, 0.3) is 21.9 Å². The maximum absolute atomic E-state index is 11.2. The summed E-state index contributed by atoms with van der Waals surface area (Å²) in [4.78, 5) is 10.9. The Labute approximate surface area is 134 Å². The fourth-order valence-electron chi connectivity index (χ4n) is 2.43. The van der Waals surface area contributed by atoms with E-state index in [1.807, 2.05) is 24.3 Å². The number of benzene rings is 3. The molecule has 0 aliphatic rings. The number of rotatable bonds is 2. The second-order valence-corrected chi connectivity index (χ2v) is 5.86. The van der Waals surface area contributed by atoms with E-state index >= 15 is 0 Å². The molecule has 0 atom stereocenters. The van der Waals surface area contributed by atoms with Crippen LogP contribution >= 0.6 is 27.5 Å². The van der Waals surface area contributed by atoms with Crippen molar-refractivity contribution in [2.75, 3.05) is 0 Å². The predicted octanol–water partition coefficient (Wildman–Crippen LogP) is 5.83. The topological polar surface area (TPSA) is 43.1 Å². The molecule has 0 aliphatic heterocycles. The monoisotopic (exact) mass is 361 g/mol. The summed E-state index contributed by atoms with van der Waals surface area (Å²) in [6.07, 6.45) is 0. The maximum atomic E-state index is 11.2. The summed E-state index contributed by atoms with van der Waals surface area (Å²) in [5.41, 5.74) is 1.49. The van der Waals surface area contributed by atoms with Gasteiger partial charge >= 0.3 is 0 Å². The van der Waals surface area contributed by atoms with Gasteiger partial charge in [-0.2, -0.15) is 0 Å². The van der Waals surface area contributed by atoms with Gasteiger partial charge < -0.3 is 0 Å². The van der Waals surface area contributed by atoms with Crippen molar-refractivity contribution in [3.63, 3.8) is 0 Å². The normalized spacial score (nSPS) is 10.8. The third kappa shape index (κ3) is 2.52. The first kappa shape index (κ1) is 14.0. The third-order valence-electron chi connectivity index (χ3n) is 3.28. The molecule has 0 aromatic heterocycles. The number of halogens is 2. The molecule has 0 fully saturated rings. The minimum atomic E-state index is -0.363. The Morgan fingerprint density at radius 2 is 1.71 bits per heavy atom. The standard InChI is InChI=1S/C16H9BrClNO2/c17-14-9-11(18)8-10-4-3-6-13(16(10)14)12-5-1-2-7-15(12)19(20)21/h1-9H. The first-order chi connectivity index (χ1) is 10.1. The molecule has 0 amide bonds. The van der Waals surface area contributed by atoms with Crippen molar-refractivity contribution in [2.45, 2.75) is 0 Å². The minimum absolute atomic E-state index is 0.0897. The fraction of sp³-hybridized carbons (Fsp3) is 0. The van der Waals surface area contributed by atoms with E-state index in [2.05, 4.69) is 15.9 Å². The van der Waals surface area contributed by atoms with Gasteiger partial charge in [-0.15, -0.1) is 0 Å². The Bertz CT molecular complexity index is 864. The summed E-state index contributed by atoms with van der Waals surface area (Å²) >= 11 is 9.57. The summed E-state index contributed by atoms with van der Waals surface area (Å²) in [6.45, 7) is 0. The average Bonchev–Trinajstić information content (AvgIpc) is 2.46. The molecular weight excluding hydrogens is 354 g/mol. The average molecular weight is 363 g/mol. The zero-order valence-corrected chi connectivity index (χ0v) is 13.1. The molecule has 0 unspecified atom stereocenters. The number of fused-ring (bicyclic) bond motifs is 1. The van der Waals surface area contributed by atoms with E-state index < -0.39 is 0 Å². The van der Waals surface area contributed by atoms with E-state index in [1.54, 1.807) is 24.3 Å². The molecule has 0 bridgehead atoms. The predicted molar refractivity (Wildman–Crippen MR) is 88.7 cm³/mol. The van der Waals surface area contributed by atoms with Crippen LogP contribution in [0.5, 0.6) is 0 Å². The highest BCUT2D eigenvalue weighted by molar-refractivity contribution is 9.10. The van der Waals surface area contributed by atoms with Crippen LogP contribution in [0, 0.1) is 10.1 Å². The highest BCUT2D eigenvalue weighted by Crippen LogP contribution is 2.39. The summed E-state index contributed by atoms with van der Waals surface area (Å²) in [6, 6.07) is 16.1. The molecule has 0 radical (unpaired) electrons. The smallest absolute Gasteiger partial charge is 0.258 e. The molecule has 0 N–H and O–H groups in total. The van der Waals surface area contributed by atoms with Gasteiger partial charge in [0.05, 0.1) is 10.5 Å². The SMILES string of the molecule is O=[N+]([O-])c1ccccc1-c1cccc2cc(Cl)cc(Br)c12. The number of para-hydroxylation sites is 1. The second-order valence-electron chi connectivity index (χ2n) is 4.57. The molecule has 0 aliphatic carbocycles. The molecule has 0 heterocycles. The number of hydrogen-bond acceptors (Lipinski definition) is 2. The van der Waals surface area contributed by atoms with E-state index in [4.69, 9.17) is 11.6 Å². The van der Waals surface area contributed by atoms with Crippen LogP contribution in [0.4, 0.5) is 5.69 Å². The van der Waals surface area contributed by atoms with Crippen LogP contribution in [0.3, 0.4) is 0 Å². The molecule has 0 spiro atoms. The quantitative estimate of drug-likeness (QED) is 0.425. The molecule has 3 rings (SSSR count). The van der Waals surface area contributed by atoms with Gasteiger partial charge in [0.25, 0.3) is 5.69 Å². The third-order valence-corrected chi connectivity index (χ3v) is 4.13. The molecule has 3 aromatic rings. The van der Waals surface area contributed by atoms with Crippen molar-refractivity contribution in [1.29, 1.82) is 0 Å². The Morgan fingerprint density at radius 3 is 2.48 bits per heavy atom. The van der Waals surface area contributed by atoms with Gasteiger partial charge in [0.2, 0.25) is 0 Å². The summed E-state index contributed by atoms with van der Waals surface area (Å²) in [5, 5.41) is 13.7. The van der Waals surface area contributed by atoms with Crippen LogP contribution in [-0.4, -0.2) is 4.92 Å². The summed E-state index contributed by atoms with van der Waals surface area (Å²) in [5.74, 6) is 0. The van der Waals surface area contributed by atoms with Gasteiger partial charge in [-0.05, 0) is 29.1 Å². The van der Waals surface area contributed by atoms with Crippen molar-refractivity contribution in [2.24, 2.45) is 0 Å². The Kier molecular flexibility index (Phi) is 3.66. The Morgan fingerprint density at radius 1 is 1.00 bits per heavy atom. The lowest BCUT2D eigenvalue weighted by Gasteiger charge is -2.10. The number of nitro benzene ring substituents is 1. The van der Waals surface area contributed by atoms with Crippen LogP contribution in [0.2, 0.25) is 5.02 Å². The van der Waals surface area contributed by atoms with E-state index in [9.17, 15) is 10.1 Å². The van der Waals surface area contributed by atoms with Gasteiger partial charge in [0.1, 0.15) is 0 Å². The fourth-order valence-corrected chi connectivity index (χ4v) is 3.47. The van der Waals surface area contributed by atoms with E-state index in [-0.39, 0.29) is 10.6 Å². The molecular formula is C16H9BrClNO2. The zero-order chi connectivity index (χ0) is 15.0. The molecule has 0 saturated heterocycles. The van der Waals surface area contributed by atoms with Crippen LogP contribution in [0.15, 0.2) is 59.1 Å². The Balaban J connectivity index is 2.39. The van der Waals surface area contributed by atoms with Crippen LogP contribution in [-0.2, 0) is 0 Å².